The summed E-state index contributed by atoms with van der Waals surface area (Å²) in [6, 6.07) is 12.8. The third kappa shape index (κ3) is 3.10. The fourth-order valence-corrected chi connectivity index (χ4v) is 4.10. The number of anilines is 1. The fraction of sp³-hybridized carbons (Fsp3) is 0.273. The lowest BCUT2D eigenvalue weighted by Gasteiger charge is -2.37. The highest BCUT2D eigenvalue weighted by Gasteiger charge is 2.38. The van der Waals surface area contributed by atoms with Crippen LogP contribution in [-0.4, -0.2) is 23.7 Å². The molecule has 1 aliphatic carbocycles. The quantitative estimate of drug-likeness (QED) is 0.622. The van der Waals surface area contributed by atoms with E-state index in [2.05, 4.69) is 17.5 Å². The van der Waals surface area contributed by atoms with E-state index in [1.807, 2.05) is 24.3 Å². The maximum absolute atomic E-state index is 12.1. The highest BCUT2D eigenvalue weighted by atomic mass is 16.5. The lowest BCUT2D eigenvalue weighted by molar-refractivity contribution is 0.0525. The largest absolute Gasteiger partial charge is 0.478 e. The van der Waals surface area contributed by atoms with Crippen LogP contribution in [0, 0.1) is 5.92 Å². The van der Waals surface area contributed by atoms with Gasteiger partial charge in [-0.2, -0.15) is 0 Å². The topological polar surface area (TPSA) is 75.6 Å². The molecule has 4 rings (SSSR count). The Balaban J connectivity index is 1.68. The number of aromatic carboxylic acids is 1. The van der Waals surface area contributed by atoms with E-state index < -0.39 is 5.97 Å². The number of nitrogens with one attached hydrogen (secondary N) is 1. The van der Waals surface area contributed by atoms with Gasteiger partial charge in [0.25, 0.3) is 0 Å². The van der Waals surface area contributed by atoms with Crippen LogP contribution < -0.4 is 5.32 Å². The van der Waals surface area contributed by atoms with E-state index in [1.165, 1.54) is 0 Å². The van der Waals surface area contributed by atoms with Gasteiger partial charge in [0.1, 0.15) is 0 Å². The Bertz CT molecular complexity index is 916. The van der Waals surface area contributed by atoms with Gasteiger partial charge in [0.15, 0.2) is 0 Å². The molecular weight excluding hydrogens is 342 g/mol. The van der Waals surface area contributed by atoms with Gasteiger partial charge in [-0.1, -0.05) is 24.3 Å². The summed E-state index contributed by atoms with van der Waals surface area (Å²) >= 11 is 0. The Hall–Kier alpha value is -3.08. The molecule has 5 heteroatoms. The van der Waals surface area contributed by atoms with E-state index in [0.29, 0.717) is 18.1 Å². The van der Waals surface area contributed by atoms with Crippen LogP contribution in [-0.2, 0) is 4.74 Å². The fourth-order valence-electron chi connectivity index (χ4n) is 4.10. The van der Waals surface area contributed by atoms with E-state index in [4.69, 9.17) is 9.84 Å². The monoisotopic (exact) mass is 363 g/mol. The third-order valence-corrected chi connectivity index (χ3v) is 5.39. The Kier molecular flexibility index (Phi) is 4.44. The number of rotatable bonds is 4. The number of hydrogen-bond donors (Lipinski definition) is 2. The molecule has 138 valence electrons. The van der Waals surface area contributed by atoms with Crippen LogP contribution in [0.2, 0.25) is 0 Å². The molecule has 0 amide bonds. The molecule has 1 aliphatic heterocycles. The molecule has 2 aromatic carbocycles. The van der Waals surface area contributed by atoms with Crippen molar-refractivity contribution in [3.8, 4) is 0 Å². The first-order valence-electron chi connectivity index (χ1n) is 9.16. The highest BCUT2D eigenvalue weighted by Crippen LogP contribution is 2.49. The summed E-state index contributed by atoms with van der Waals surface area (Å²) in [5.74, 6) is -0.675. The summed E-state index contributed by atoms with van der Waals surface area (Å²) in [6.07, 6.45) is 5.33. The summed E-state index contributed by atoms with van der Waals surface area (Å²) < 4.78 is 5.13. The second-order valence-corrected chi connectivity index (χ2v) is 6.93. The average Bonchev–Trinajstić information content (AvgIpc) is 3.17. The number of benzene rings is 2. The first-order valence-corrected chi connectivity index (χ1v) is 9.16. The van der Waals surface area contributed by atoms with E-state index >= 15 is 0 Å². The minimum absolute atomic E-state index is 0.0915. The van der Waals surface area contributed by atoms with Gasteiger partial charge < -0.3 is 15.2 Å². The van der Waals surface area contributed by atoms with Gasteiger partial charge in [-0.15, -0.1) is 0 Å². The van der Waals surface area contributed by atoms with E-state index in [0.717, 1.165) is 23.2 Å². The van der Waals surface area contributed by atoms with Crippen LogP contribution in [0.25, 0.3) is 0 Å². The molecule has 0 bridgehead atoms. The third-order valence-electron chi connectivity index (χ3n) is 5.39. The molecule has 2 aromatic rings. The first kappa shape index (κ1) is 17.3. The molecule has 1 heterocycles. The zero-order valence-electron chi connectivity index (χ0n) is 15.0. The molecule has 2 N–H and O–H groups in total. The predicted molar refractivity (Wildman–Crippen MR) is 102 cm³/mol. The van der Waals surface area contributed by atoms with Crippen molar-refractivity contribution >= 4 is 17.6 Å². The van der Waals surface area contributed by atoms with Gasteiger partial charge in [0.05, 0.1) is 23.8 Å². The van der Waals surface area contributed by atoms with Crippen LogP contribution in [0.3, 0.4) is 0 Å². The standard InChI is InChI=1S/C22H21NO4/c1-2-27-22(26)15-10-11-19-18(12-15)16-4-3-5-17(16)20(23-19)13-6-8-14(9-7-13)21(24)25/h3-4,6-12,16-17,20,23H,2,5H2,1H3,(H,24,25)/t16-,17-,20-/m1/s1. The Morgan fingerprint density at radius 2 is 1.89 bits per heavy atom. The second kappa shape index (κ2) is 6.91. The van der Waals surface area contributed by atoms with Crippen molar-refractivity contribution in [2.24, 2.45) is 5.92 Å². The summed E-state index contributed by atoms with van der Waals surface area (Å²) in [5, 5.41) is 12.7. The van der Waals surface area contributed by atoms with Crippen molar-refractivity contribution in [3.63, 3.8) is 0 Å². The predicted octanol–water partition coefficient (Wildman–Crippen LogP) is 4.39. The summed E-state index contributed by atoms with van der Waals surface area (Å²) in [5.41, 5.74) is 4.04. The molecular formula is C22H21NO4. The van der Waals surface area contributed by atoms with Gasteiger partial charge in [-0.3, -0.25) is 0 Å². The number of carboxylic acids is 1. The average molecular weight is 363 g/mol. The van der Waals surface area contributed by atoms with Crippen LogP contribution in [0.1, 0.15) is 57.1 Å². The maximum Gasteiger partial charge on any atom is 0.338 e. The molecule has 0 radical (unpaired) electrons. The Labute approximate surface area is 157 Å². The summed E-state index contributed by atoms with van der Waals surface area (Å²) in [4.78, 5) is 23.2. The smallest absolute Gasteiger partial charge is 0.338 e. The second-order valence-electron chi connectivity index (χ2n) is 6.93. The minimum atomic E-state index is -0.921. The van der Waals surface area contributed by atoms with Crippen LogP contribution in [0.5, 0.6) is 0 Å². The van der Waals surface area contributed by atoms with E-state index in [1.54, 1.807) is 25.1 Å². The SMILES string of the molecule is CCOC(=O)c1ccc2c(c1)[C@@H]1C=CC[C@H]1[C@@H](c1ccc(C(=O)O)cc1)N2. The lowest BCUT2D eigenvalue weighted by atomic mass is 9.76. The van der Waals surface area contributed by atoms with Crippen molar-refractivity contribution in [1.82, 2.24) is 0 Å². The van der Waals surface area contributed by atoms with Crippen molar-refractivity contribution in [3.05, 3.63) is 76.9 Å². The van der Waals surface area contributed by atoms with Gasteiger partial charge in [0.2, 0.25) is 0 Å². The molecule has 0 unspecified atom stereocenters. The van der Waals surface area contributed by atoms with Crippen LogP contribution in [0.15, 0.2) is 54.6 Å². The Morgan fingerprint density at radius 3 is 2.59 bits per heavy atom. The number of fused-ring (bicyclic) bond motifs is 3. The van der Waals surface area contributed by atoms with Gasteiger partial charge in [-0.25, -0.2) is 9.59 Å². The van der Waals surface area contributed by atoms with E-state index in [-0.39, 0.29) is 23.5 Å². The first-order chi connectivity index (χ1) is 13.1. The number of carbonyl (C=O) groups excluding carboxylic acids is 1. The normalized spacial score (nSPS) is 22.5. The summed E-state index contributed by atoms with van der Waals surface area (Å²) in [7, 11) is 0. The molecule has 0 spiro atoms. The zero-order chi connectivity index (χ0) is 19.0. The van der Waals surface area contributed by atoms with E-state index in [9.17, 15) is 9.59 Å². The summed E-state index contributed by atoms with van der Waals surface area (Å²) in [6.45, 7) is 2.16. The van der Waals surface area contributed by atoms with Crippen molar-refractivity contribution in [2.75, 3.05) is 11.9 Å². The number of ether oxygens (including phenoxy) is 1. The molecule has 0 fully saturated rings. The molecule has 3 atom stereocenters. The Morgan fingerprint density at radius 1 is 1.15 bits per heavy atom. The van der Waals surface area contributed by atoms with Gasteiger partial charge in [0, 0.05) is 11.6 Å². The molecule has 0 saturated heterocycles. The van der Waals surface area contributed by atoms with Gasteiger partial charge in [-0.05, 0) is 60.7 Å². The molecule has 5 nitrogen and oxygen atoms in total. The van der Waals surface area contributed by atoms with Gasteiger partial charge >= 0.3 is 11.9 Å². The maximum atomic E-state index is 12.1. The molecule has 0 saturated carbocycles. The highest BCUT2D eigenvalue weighted by molar-refractivity contribution is 5.90. The van der Waals surface area contributed by atoms with Crippen molar-refractivity contribution in [2.45, 2.75) is 25.3 Å². The van der Waals surface area contributed by atoms with Crippen molar-refractivity contribution in [1.29, 1.82) is 0 Å². The zero-order valence-corrected chi connectivity index (χ0v) is 15.0. The number of esters is 1. The number of carbonyl (C=O) groups is 2. The number of carboxylic acid groups (broad SMARTS) is 1. The molecule has 2 aliphatic rings. The van der Waals surface area contributed by atoms with Crippen LogP contribution in [0.4, 0.5) is 5.69 Å². The number of hydrogen-bond acceptors (Lipinski definition) is 4. The lowest BCUT2D eigenvalue weighted by Crippen LogP contribution is -2.29. The molecule has 27 heavy (non-hydrogen) atoms. The number of allylic oxidation sites excluding steroid dienone is 2. The minimum Gasteiger partial charge on any atom is -0.478 e. The van der Waals surface area contributed by atoms with Crippen molar-refractivity contribution < 1.29 is 19.4 Å². The molecule has 0 aromatic heterocycles. The van der Waals surface area contributed by atoms with Crippen LogP contribution >= 0.6 is 0 Å².